The van der Waals surface area contributed by atoms with Crippen LogP contribution in [0.25, 0.3) is 0 Å². The third-order valence-corrected chi connectivity index (χ3v) is 6.63. The highest BCUT2D eigenvalue weighted by Gasteiger charge is 2.38. The van der Waals surface area contributed by atoms with Crippen LogP contribution in [0.15, 0.2) is 78.9 Å². The van der Waals surface area contributed by atoms with Crippen LogP contribution in [0, 0.1) is 11.6 Å². The van der Waals surface area contributed by atoms with E-state index in [-0.39, 0.29) is 42.5 Å². The molecule has 0 aromatic heterocycles. The summed E-state index contributed by atoms with van der Waals surface area (Å²) in [4.78, 5) is 2.50. The number of hydrogen-bond acceptors (Lipinski definition) is 3. The Hall–Kier alpha value is -2.02. The number of piperazine rings is 1. The van der Waals surface area contributed by atoms with E-state index in [0.717, 1.165) is 50.1 Å². The molecule has 1 saturated heterocycles. The van der Waals surface area contributed by atoms with E-state index in [1.165, 1.54) is 29.8 Å². The Morgan fingerprint density at radius 1 is 0.886 bits per heavy atom. The van der Waals surface area contributed by atoms with Crippen molar-refractivity contribution in [2.75, 3.05) is 33.3 Å². The van der Waals surface area contributed by atoms with Crippen molar-refractivity contribution in [3.8, 4) is 0 Å². The monoisotopic (exact) mass is 522 g/mol. The number of nitrogens with zero attached hydrogens (tertiary/aromatic N) is 1. The Morgan fingerprint density at radius 3 is 2.00 bits per heavy atom. The predicted octanol–water partition coefficient (Wildman–Crippen LogP) is 6.00. The number of aryl methyl sites for hydroxylation is 1. The molecule has 3 aromatic rings. The van der Waals surface area contributed by atoms with Crippen LogP contribution in [0.4, 0.5) is 8.78 Å². The van der Waals surface area contributed by atoms with Gasteiger partial charge in [0.25, 0.3) is 0 Å². The molecule has 1 N–H and O–H groups in total. The standard InChI is InChI=1S/C28H32F2N2O.2ClH/c1-33-28(23-9-13-25(29)14-10-23,24-11-15-26(30)16-12-24)20-27-21-32(19-17-31-27)18-5-8-22-6-3-2-4-7-22;;/h2-4,6-7,9-16,27,31H,5,8,17-21H2,1H3;2*1H. The zero-order chi connectivity index (χ0) is 23.1. The van der Waals surface area contributed by atoms with Crippen LogP contribution in [-0.2, 0) is 16.8 Å². The van der Waals surface area contributed by atoms with Gasteiger partial charge >= 0.3 is 0 Å². The molecule has 0 amide bonds. The number of rotatable bonds is 9. The highest BCUT2D eigenvalue weighted by atomic mass is 35.5. The van der Waals surface area contributed by atoms with Crippen LogP contribution in [0.2, 0.25) is 0 Å². The average Bonchev–Trinajstić information content (AvgIpc) is 2.85. The maximum absolute atomic E-state index is 13.7. The van der Waals surface area contributed by atoms with Crippen molar-refractivity contribution in [2.45, 2.75) is 30.9 Å². The minimum absolute atomic E-state index is 0. The quantitative estimate of drug-likeness (QED) is 0.373. The van der Waals surface area contributed by atoms with E-state index >= 15 is 0 Å². The predicted molar refractivity (Wildman–Crippen MR) is 143 cm³/mol. The van der Waals surface area contributed by atoms with Crippen molar-refractivity contribution < 1.29 is 13.5 Å². The first-order valence-corrected chi connectivity index (χ1v) is 11.7. The molecule has 4 rings (SSSR count). The van der Waals surface area contributed by atoms with Crippen LogP contribution in [0.3, 0.4) is 0 Å². The SMILES string of the molecule is COC(CC1CN(CCCc2ccccc2)CCN1)(c1ccc(F)cc1)c1ccc(F)cc1.Cl.Cl. The number of benzene rings is 3. The molecule has 1 aliphatic heterocycles. The van der Waals surface area contributed by atoms with Gasteiger partial charge in [-0.1, -0.05) is 54.6 Å². The van der Waals surface area contributed by atoms with Crippen LogP contribution < -0.4 is 5.32 Å². The van der Waals surface area contributed by atoms with Gasteiger partial charge in [0, 0.05) is 39.2 Å². The van der Waals surface area contributed by atoms with Gasteiger partial charge in [0.05, 0.1) is 0 Å². The summed E-state index contributed by atoms with van der Waals surface area (Å²) in [5.41, 5.74) is 2.30. The van der Waals surface area contributed by atoms with Crippen LogP contribution in [0.1, 0.15) is 29.5 Å². The summed E-state index contributed by atoms with van der Waals surface area (Å²) >= 11 is 0. The van der Waals surface area contributed by atoms with Crippen LogP contribution >= 0.6 is 24.8 Å². The third kappa shape index (κ3) is 7.48. The Morgan fingerprint density at radius 2 is 1.46 bits per heavy atom. The van der Waals surface area contributed by atoms with E-state index in [4.69, 9.17) is 4.74 Å². The highest BCUT2D eigenvalue weighted by Crippen LogP contribution is 2.38. The van der Waals surface area contributed by atoms with E-state index in [1.807, 2.05) is 0 Å². The molecule has 1 aliphatic rings. The molecule has 1 atom stereocenters. The van der Waals surface area contributed by atoms with Crippen molar-refractivity contribution in [3.05, 3.63) is 107 Å². The molecular formula is C28H34Cl2F2N2O. The Bertz CT molecular complexity index is 958. The fourth-order valence-electron chi connectivity index (χ4n) is 4.89. The first kappa shape index (κ1) is 29.2. The van der Waals surface area contributed by atoms with Gasteiger partial charge in [0.1, 0.15) is 17.2 Å². The fraction of sp³-hybridized carbons (Fsp3) is 0.357. The molecule has 0 spiro atoms. The summed E-state index contributed by atoms with van der Waals surface area (Å²) in [6, 6.07) is 23.7. The number of methoxy groups -OCH3 is 1. The zero-order valence-electron chi connectivity index (χ0n) is 20.0. The van der Waals surface area contributed by atoms with Gasteiger partial charge in [-0.15, -0.1) is 24.8 Å². The molecule has 0 radical (unpaired) electrons. The molecule has 3 nitrogen and oxygen atoms in total. The second-order valence-corrected chi connectivity index (χ2v) is 8.79. The number of hydrogen-bond donors (Lipinski definition) is 1. The molecule has 0 saturated carbocycles. The molecule has 7 heteroatoms. The van der Waals surface area contributed by atoms with E-state index in [9.17, 15) is 8.78 Å². The lowest BCUT2D eigenvalue weighted by molar-refractivity contribution is -0.00101. The van der Waals surface area contributed by atoms with Crippen molar-refractivity contribution in [2.24, 2.45) is 0 Å². The Labute approximate surface area is 219 Å². The van der Waals surface area contributed by atoms with Gasteiger partial charge < -0.3 is 15.0 Å². The summed E-state index contributed by atoms with van der Waals surface area (Å²) in [5.74, 6) is -0.577. The van der Waals surface area contributed by atoms with Crippen LogP contribution in [0.5, 0.6) is 0 Å². The van der Waals surface area contributed by atoms with Gasteiger partial charge in [-0.3, -0.25) is 0 Å². The van der Waals surface area contributed by atoms with Crippen LogP contribution in [-0.4, -0.2) is 44.2 Å². The fourth-order valence-corrected chi connectivity index (χ4v) is 4.89. The lowest BCUT2D eigenvalue weighted by atomic mass is 9.80. The normalized spacial score (nSPS) is 16.3. The maximum Gasteiger partial charge on any atom is 0.123 e. The number of nitrogens with one attached hydrogen (secondary N) is 1. The molecule has 1 heterocycles. The smallest absolute Gasteiger partial charge is 0.123 e. The zero-order valence-corrected chi connectivity index (χ0v) is 21.6. The first-order valence-electron chi connectivity index (χ1n) is 11.7. The first-order chi connectivity index (χ1) is 16.1. The summed E-state index contributed by atoms with van der Waals surface area (Å²) in [6.45, 7) is 3.86. The Kier molecular flexibility index (Phi) is 11.6. The molecule has 1 fully saturated rings. The van der Waals surface area contributed by atoms with Crippen molar-refractivity contribution in [3.63, 3.8) is 0 Å². The molecule has 0 bridgehead atoms. The topological polar surface area (TPSA) is 24.5 Å². The van der Waals surface area contributed by atoms with Gasteiger partial charge in [-0.2, -0.15) is 0 Å². The maximum atomic E-state index is 13.7. The lowest BCUT2D eigenvalue weighted by Crippen LogP contribution is -2.53. The summed E-state index contributed by atoms with van der Waals surface area (Å²) < 4.78 is 33.5. The molecule has 35 heavy (non-hydrogen) atoms. The van der Waals surface area contributed by atoms with E-state index in [0.29, 0.717) is 6.42 Å². The average molecular weight is 523 g/mol. The van der Waals surface area contributed by atoms with Gasteiger partial charge in [-0.05, 0) is 60.3 Å². The molecule has 190 valence electrons. The molecule has 1 unspecified atom stereocenters. The van der Waals surface area contributed by atoms with Crippen molar-refractivity contribution in [1.82, 2.24) is 10.2 Å². The molecule has 3 aromatic carbocycles. The number of ether oxygens (including phenoxy) is 1. The largest absolute Gasteiger partial charge is 0.369 e. The van der Waals surface area contributed by atoms with Gasteiger partial charge in [-0.25, -0.2) is 8.78 Å². The third-order valence-electron chi connectivity index (χ3n) is 6.63. The summed E-state index contributed by atoms with van der Waals surface area (Å²) in [7, 11) is 1.67. The summed E-state index contributed by atoms with van der Waals surface area (Å²) in [5, 5.41) is 3.64. The second kappa shape index (κ2) is 13.9. The Balaban J connectivity index is 0.00000216. The van der Waals surface area contributed by atoms with Crippen molar-refractivity contribution >= 4 is 24.8 Å². The summed E-state index contributed by atoms with van der Waals surface area (Å²) in [6.07, 6.45) is 2.85. The second-order valence-electron chi connectivity index (χ2n) is 8.79. The molecule has 0 aliphatic carbocycles. The van der Waals surface area contributed by atoms with Crippen molar-refractivity contribution in [1.29, 1.82) is 0 Å². The van der Waals surface area contributed by atoms with Gasteiger partial charge in [0.15, 0.2) is 0 Å². The lowest BCUT2D eigenvalue weighted by Gasteiger charge is -2.41. The van der Waals surface area contributed by atoms with E-state index in [1.54, 1.807) is 31.4 Å². The van der Waals surface area contributed by atoms with E-state index < -0.39 is 5.60 Å². The minimum atomic E-state index is -0.799. The molecular weight excluding hydrogens is 489 g/mol. The van der Waals surface area contributed by atoms with Gasteiger partial charge in [0.2, 0.25) is 0 Å². The highest BCUT2D eigenvalue weighted by molar-refractivity contribution is 5.85. The van der Waals surface area contributed by atoms with E-state index in [2.05, 4.69) is 40.5 Å². The number of halogens is 4. The minimum Gasteiger partial charge on any atom is -0.369 e.